The van der Waals surface area contributed by atoms with Crippen LogP contribution in [-0.4, -0.2) is 15.6 Å². The van der Waals surface area contributed by atoms with Gasteiger partial charge in [0.1, 0.15) is 0 Å². The van der Waals surface area contributed by atoms with Crippen LogP contribution in [0.4, 0.5) is 0 Å². The predicted octanol–water partition coefficient (Wildman–Crippen LogP) is 5.04. The molecule has 0 fully saturated rings. The van der Waals surface area contributed by atoms with Gasteiger partial charge in [0.15, 0.2) is 0 Å². The highest BCUT2D eigenvalue weighted by atomic mass is 35.5. The van der Waals surface area contributed by atoms with E-state index in [1.165, 1.54) is 0 Å². The second-order valence-corrected chi connectivity index (χ2v) is 6.25. The van der Waals surface area contributed by atoms with Gasteiger partial charge in [-0.15, -0.1) is 0 Å². The molecule has 0 atom stereocenters. The standard InChI is InChI=1S/C20H18ClNO2/c1-13-8-9-17(12-18(13)21)22-14(2)16(11-20(23)24)10-19(22)15-6-4-3-5-7-15/h3-10,12H,11H2,1-2H3,(H,23,24). The topological polar surface area (TPSA) is 42.2 Å². The normalized spacial score (nSPS) is 10.8. The van der Waals surface area contributed by atoms with Gasteiger partial charge < -0.3 is 9.67 Å². The summed E-state index contributed by atoms with van der Waals surface area (Å²) in [6, 6.07) is 17.8. The van der Waals surface area contributed by atoms with Gasteiger partial charge in [-0.05, 0) is 48.7 Å². The van der Waals surface area contributed by atoms with Crippen molar-refractivity contribution < 1.29 is 9.90 Å². The summed E-state index contributed by atoms with van der Waals surface area (Å²) in [5.74, 6) is -0.836. The van der Waals surface area contributed by atoms with E-state index in [9.17, 15) is 9.90 Å². The van der Waals surface area contributed by atoms with Gasteiger partial charge in [-0.2, -0.15) is 0 Å². The number of aliphatic carboxylic acids is 1. The van der Waals surface area contributed by atoms with Gasteiger partial charge in [-0.1, -0.05) is 48.0 Å². The van der Waals surface area contributed by atoms with Gasteiger partial charge in [0.05, 0.1) is 12.1 Å². The summed E-state index contributed by atoms with van der Waals surface area (Å²) in [5, 5.41) is 9.88. The number of carboxylic acid groups (broad SMARTS) is 1. The third-order valence-electron chi connectivity index (χ3n) is 4.18. The zero-order valence-corrected chi connectivity index (χ0v) is 14.3. The molecule has 3 nitrogen and oxygen atoms in total. The Labute approximate surface area is 146 Å². The van der Waals surface area contributed by atoms with E-state index in [2.05, 4.69) is 4.57 Å². The molecule has 0 spiro atoms. The zero-order valence-electron chi connectivity index (χ0n) is 13.6. The highest BCUT2D eigenvalue weighted by Crippen LogP contribution is 2.31. The molecule has 1 N–H and O–H groups in total. The average molecular weight is 340 g/mol. The number of nitrogens with zero attached hydrogens (tertiary/aromatic N) is 1. The molecule has 0 amide bonds. The van der Waals surface area contributed by atoms with Crippen LogP contribution in [-0.2, 0) is 11.2 Å². The molecule has 0 bridgehead atoms. The maximum absolute atomic E-state index is 11.2. The van der Waals surface area contributed by atoms with Crippen LogP contribution >= 0.6 is 11.6 Å². The molecule has 0 saturated carbocycles. The van der Waals surface area contributed by atoms with Gasteiger partial charge >= 0.3 is 5.97 Å². The number of carboxylic acids is 1. The molecule has 4 heteroatoms. The van der Waals surface area contributed by atoms with E-state index in [-0.39, 0.29) is 6.42 Å². The minimum atomic E-state index is -0.836. The predicted molar refractivity (Wildman–Crippen MR) is 97.0 cm³/mol. The molecule has 0 aliphatic rings. The van der Waals surface area contributed by atoms with E-state index in [0.717, 1.165) is 33.8 Å². The first kappa shape index (κ1) is 16.3. The van der Waals surface area contributed by atoms with Crippen LogP contribution < -0.4 is 0 Å². The number of hydrogen-bond acceptors (Lipinski definition) is 1. The van der Waals surface area contributed by atoms with Crippen LogP contribution in [0.1, 0.15) is 16.8 Å². The van der Waals surface area contributed by atoms with Crippen LogP contribution in [0.2, 0.25) is 5.02 Å². The molecule has 0 radical (unpaired) electrons. The van der Waals surface area contributed by atoms with Gasteiger partial charge in [-0.25, -0.2) is 0 Å². The fourth-order valence-corrected chi connectivity index (χ4v) is 3.05. The molecule has 1 heterocycles. The number of benzene rings is 2. The lowest BCUT2D eigenvalue weighted by Crippen LogP contribution is -2.03. The van der Waals surface area contributed by atoms with Crippen molar-refractivity contribution in [3.05, 3.63) is 76.4 Å². The van der Waals surface area contributed by atoms with E-state index in [1.807, 2.05) is 68.4 Å². The van der Waals surface area contributed by atoms with Crippen molar-refractivity contribution in [3.8, 4) is 16.9 Å². The monoisotopic (exact) mass is 339 g/mol. The first-order valence-electron chi connectivity index (χ1n) is 7.72. The smallest absolute Gasteiger partial charge is 0.307 e. The molecule has 0 aliphatic carbocycles. The van der Waals surface area contributed by atoms with E-state index in [0.29, 0.717) is 5.02 Å². The average Bonchev–Trinajstić information content (AvgIpc) is 2.87. The molecule has 0 unspecified atom stereocenters. The van der Waals surface area contributed by atoms with E-state index >= 15 is 0 Å². The van der Waals surface area contributed by atoms with Crippen LogP contribution in [0.15, 0.2) is 54.6 Å². The molecule has 24 heavy (non-hydrogen) atoms. The highest BCUT2D eigenvalue weighted by molar-refractivity contribution is 6.31. The summed E-state index contributed by atoms with van der Waals surface area (Å²) in [7, 11) is 0. The number of aryl methyl sites for hydroxylation is 1. The third kappa shape index (κ3) is 3.08. The van der Waals surface area contributed by atoms with Crippen molar-refractivity contribution >= 4 is 17.6 Å². The molecule has 1 aromatic heterocycles. The van der Waals surface area contributed by atoms with Gasteiger partial charge in [0, 0.05) is 16.4 Å². The van der Waals surface area contributed by atoms with Crippen LogP contribution in [0.3, 0.4) is 0 Å². The summed E-state index contributed by atoms with van der Waals surface area (Å²) in [5.41, 5.74) is 5.66. The van der Waals surface area contributed by atoms with Crippen LogP contribution in [0.25, 0.3) is 16.9 Å². The summed E-state index contributed by atoms with van der Waals surface area (Å²) < 4.78 is 2.07. The van der Waals surface area contributed by atoms with Crippen molar-refractivity contribution in [2.75, 3.05) is 0 Å². The minimum Gasteiger partial charge on any atom is -0.481 e. The molecule has 3 aromatic rings. The summed E-state index contributed by atoms with van der Waals surface area (Å²) in [6.45, 7) is 3.90. The summed E-state index contributed by atoms with van der Waals surface area (Å²) >= 11 is 6.30. The molecule has 3 rings (SSSR count). The quantitative estimate of drug-likeness (QED) is 0.723. The van der Waals surface area contributed by atoms with Gasteiger partial charge in [-0.3, -0.25) is 4.79 Å². The zero-order chi connectivity index (χ0) is 17.3. The maximum Gasteiger partial charge on any atom is 0.307 e. The van der Waals surface area contributed by atoms with Crippen molar-refractivity contribution in [2.45, 2.75) is 20.3 Å². The second kappa shape index (κ2) is 6.54. The van der Waals surface area contributed by atoms with Crippen LogP contribution in [0, 0.1) is 13.8 Å². The SMILES string of the molecule is Cc1ccc(-n2c(-c3ccccc3)cc(CC(=O)O)c2C)cc1Cl. The Morgan fingerprint density at radius 2 is 1.79 bits per heavy atom. The molecular formula is C20H18ClNO2. The Morgan fingerprint density at radius 1 is 1.08 bits per heavy atom. The summed E-state index contributed by atoms with van der Waals surface area (Å²) in [4.78, 5) is 11.2. The Hall–Kier alpha value is -2.52. The fraction of sp³-hybridized carbons (Fsp3) is 0.150. The second-order valence-electron chi connectivity index (χ2n) is 5.85. The molecule has 122 valence electrons. The van der Waals surface area contributed by atoms with Crippen molar-refractivity contribution in [1.82, 2.24) is 4.57 Å². The van der Waals surface area contributed by atoms with Crippen molar-refractivity contribution in [3.63, 3.8) is 0 Å². The van der Waals surface area contributed by atoms with Gasteiger partial charge in [0.25, 0.3) is 0 Å². The molecule has 0 saturated heterocycles. The van der Waals surface area contributed by atoms with E-state index in [1.54, 1.807) is 0 Å². The Balaban J connectivity index is 2.24. The minimum absolute atomic E-state index is 0.00173. The summed E-state index contributed by atoms with van der Waals surface area (Å²) in [6.07, 6.45) is -0.00173. The lowest BCUT2D eigenvalue weighted by Gasteiger charge is -2.13. The molecule has 2 aromatic carbocycles. The number of aromatic nitrogens is 1. The van der Waals surface area contributed by atoms with Crippen molar-refractivity contribution in [1.29, 1.82) is 0 Å². The highest BCUT2D eigenvalue weighted by Gasteiger charge is 2.17. The molecular weight excluding hydrogens is 322 g/mol. The fourth-order valence-electron chi connectivity index (χ4n) is 2.88. The van der Waals surface area contributed by atoms with E-state index < -0.39 is 5.97 Å². The first-order chi connectivity index (χ1) is 11.5. The Bertz CT molecular complexity index is 898. The lowest BCUT2D eigenvalue weighted by molar-refractivity contribution is -0.136. The molecule has 0 aliphatic heterocycles. The van der Waals surface area contributed by atoms with E-state index in [4.69, 9.17) is 11.6 Å². The number of carbonyl (C=O) groups is 1. The number of halogens is 1. The van der Waals surface area contributed by atoms with Crippen molar-refractivity contribution in [2.24, 2.45) is 0 Å². The Morgan fingerprint density at radius 3 is 2.42 bits per heavy atom. The third-order valence-corrected chi connectivity index (χ3v) is 4.58. The van der Waals surface area contributed by atoms with Gasteiger partial charge in [0.2, 0.25) is 0 Å². The van der Waals surface area contributed by atoms with Crippen LogP contribution in [0.5, 0.6) is 0 Å². The Kier molecular flexibility index (Phi) is 4.45. The number of hydrogen-bond donors (Lipinski definition) is 1. The lowest BCUT2D eigenvalue weighted by atomic mass is 10.1. The first-order valence-corrected chi connectivity index (χ1v) is 8.10. The maximum atomic E-state index is 11.2. The number of rotatable bonds is 4. The largest absolute Gasteiger partial charge is 0.481 e.